The Balaban J connectivity index is 0.00000364. The van der Waals surface area contributed by atoms with Gasteiger partial charge < -0.3 is 10.6 Å². The minimum absolute atomic E-state index is 0. The Morgan fingerprint density at radius 2 is 1.85 bits per heavy atom. The molecule has 0 bridgehead atoms. The van der Waals surface area contributed by atoms with E-state index in [1.165, 1.54) is 6.26 Å². The highest BCUT2D eigenvalue weighted by Gasteiger charge is 2.09. The molecule has 27 heavy (non-hydrogen) atoms. The average Bonchev–Trinajstić information content (AvgIpc) is 2.60. The van der Waals surface area contributed by atoms with Crippen LogP contribution in [0, 0.1) is 0 Å². The van der Waals surface area contributed by atoms with E-state index in [9.17, 15) is 8.42 Å². The van der Waals surface area contributed by atoms with Crippen LogP contribution in [0.1, 0.15) is 24.1 Å². The number of hydrogen-bond acceptors (Lipinski definition) is 3. The summed E-state index contributed by atoms with van der Waals surface area (Å²) >= 11 is 6.04. The molecule has 2 aromatic carbocycles. The van der Waals surface area contributed by atoms with Gasteiger partial charge in [-0.2, -0.15) is 0 Å². The van der Waals surface area contributed by atoms with Gasteiger partial charge in [0.2, 0.25) is 0 Å². The van der Waals surface area contributed by atoms with E-state index in [0.717, 1.165) is 17.5 Å². The number of aliphatic imine (C=N–C) groups is 1. The van der Waals surface area contributed by atoms with Crippen molar-refractivity contribution in [1.29, 1.82) is 0 Å². The highest BCUT2D eigenvalue weighted by molar-refractivity contribution is 14.0. The van der Waals surface area contributed by atoms with Crippen molar-refractivity contribution >= 4 is 51.4 Å². The minimum atomic E-state index is -3.15. The van der Waals surface area contributed by atoms with Gasteiger partial charge in [0.1, 0.15) is 0 Å². The van der Waals surface area contributed by atoms with Gasteiger partial charge in [0.25, 0.3) is 0 Å². The molecule has 0 saturated carbocycles. The molecule has 0 amide bonds. The van der Waals surface area contributed by atoms with E-state index < -0.39 is 9.84 Å². The van der Waals surface area contributed by atoms with E-state index in [1.807, 2.05) is 43.3 Å². The van der Waals surface area contributed by atoms with Crippen LogP contribution in [0.15, 0.2) is 58.4 Å². The Hall–Kier alpha value is -1.32. The van der Waals surface area contributed by atoms with E-state index >= 15 is 0 Å². The van der Waals surface area contributed by atoms with Crippen LogP contribution >= 0.6 is 35.6 Å². The topological polar surface area (TPSA) is 70.6 Å². The normalized spacial score (nSPS) is 12.8. The predicted octanol–water partition coefficient (Wildman–Crippen LogP) is 3.83. The number of nitrogens with one attached hydrogen (secondary N) is 2. The predicted molar refractivity (Wildman–Crippen MR) is 123 cm³/mol. The van der Waals surface area contributed by atoms with Gasteiger partial charge in [-0.1, -0.05) is 35.9 Å². The Morgan fingerprint density at radius 1 is 1.19 bits per heavy atom. The summed E-state index contributed by atoms with van der Waals surface area (Å²) < 4.78 is 23.0. The zero-order valence-electron chi connectivity index (χ0n) is 15.6. The molecule has 148 valence electrons. The van der Waals surface area contributed by atoms with Gasteiger partial charge in [-0.25, -0.2) is 8.42 Å². The van der Waals surface area contributed by atoms with Gasteiger partial charge in [0.15, 0.2) is 15.8 Å². The zero-order chi connectivity index (χ0) is 19.2. The molecular formula is C19H25ClIN3O2S. The maximum atomic E-state index is 11.5. The van der Waals surface area contributed by atoms with E-state index in [4.69, 9.17) is 11.6 Å². The number of halogens is 2. The van der Waals surface area contributed by atoms with Crippen LogP contribution in [-0.4, -0.2) is 34.2 Å². The molecule has 8 heteroatoms. The maximum absolute atomic E-state index is 11.5. The Bertz CT molecular complexity index is 871. The third-order valence-corrected chi connectivity index (χ3v) is 5.35. The second-order valence-corrected chi connectivity index (χ2v) is 8.54. The Morgan fingerprint density at radius 3 is 2.41 bits per heavy atom. The van der Waals surface area contributed by atoms with Crippen LogP contribution < -0.4 is 10.6 Å². The number of rotatable bonds is 6. The molecule has 0 aliphatic carbocycles. The number of hydrogen-bond donors (Lipinski definition) is 2. The fourth-order valence-corrected chi connectivity index (χ4v) is 3.32. The molecule has 0 aliphatic heterocycles. The van der Waals surface area contributed by atoms with Crippen LogP contribution in [-0.2, 0) is 16.3 Å². The van der Waals surface area contributed by atoms with Crippen LogP contribution in [0.5, 0.6) is 0 Å². The third-order valence-electron chi connectivity index (χ3n) is 3.98. The lowest BCUT2D eigenvalue weighted by Gasteiger charge is -2.18. The highest BCUT2D eigenvalue weighted by atomic mass is 127. The summed E-state index contributed by atoms with van der Waals surface area (Å²) in [5.74, 6) is 0.699. The van der Waals surface area contributed by atoms with Crippen molar-refractivity contribution in [3.8, 4) is 0 Å². The highest BCUT2D eigenvalue weighted by Crippen LogP contribution is 2.17. The molecule has 1 unspecified atom stereocenters. The SMILES string of the molecule is CN=C(NCCc1ccc(S(C)(=O)=O)cc1)NC(C)c1cccc(Cl)c1.I. The van der Waals surface area contributed by atoms with Gasteiger partial charge in [-0.05, 0) is 48.7 Å². The van der Waals surface area contributed by atoms with Crippen LogP contribution in [0.4, 0.5) is 0 Å². The molecule has 0 saturated heterocycles. The van der Waals surface area contributed by atoms with Gasteiger partial charge >= 0.3 is 0 Å². The van der Waals surface area contributed by atoms with Crippen molar-refractivity contribution in [2.45, 2.75) is 24.3 Å². The standard InChI is InChI=1S/C19H24ClN3O2S.HI/c1-14(16-5-4-6-17(20)13-16)23-19(21-2)22-12-11-15-7-9-18(10-8-15)26(3,24)25;/h4-10,13-14H,11-12H2,1-3H3,(H2,21,22,23);1H. The first-order valence-corrected chi connectivity index (χ1v) is 10.6. The summed E-state index contributed by atoms with van der Waals surface area (Å²) in [5.41, 5.74) is 2.14. The second kappa shape index (κ2) is 10.9. The number of guanidine groups is 1. The molecular weight excluding hydrogens is 497 g/mol. The molecule has 0 aromatic heterocycles. The van der Waals surface area contributed by atoms with Crippen molar-refractivity contribution in [3.05, 3.63) is 64.7 Å². The maximum Gasteiger partial charge on any atom is 0.191 e. The molecule has 2 aromatic rings. The smallest absolute Gasteiger partial charge is 0.191 e. The van der Waals surface area contributed by atoms with Crippen molar-refractivity contribution in [2.24, 2.45) is 4.99 Å². The summed E-state index contributed by atoms with van der Waals surface area (Å²) in [4.78, 5) is 4.57. The second-order valence-electron chi connectivity index (χ2n) is 6.09. The number of nitrogens with zero attached hydrogens (tertiary/aromatic N) is 1. The molecule has 5 nitrogen and oxygen atoms in total. The zero-order valence-corrected chi connectivity index (χ0v) is 19.5. The first-order valence-electron chi connectivity index (χ1n) is 8.31. The first kappa shape index (κ1) is 23.7. The van der Waals surface area contributed by atoms with Gasteiger partial charge in [0.05, 0.1) is 10.9 Å². The Kier molecular flexibility index (Phi) is 9.55. The number of sulfone groups is 1. The average molecular weight is 522 g/mol. The molecule has 2 N–H and O–H groups in total. The molecule has 0 fully saturated rings. The van der Waals surface area contributed by atoms with Gasteiger partial charge in [0, 0.05) is 24.9 Å². The summed E-state index contributed by atoms with van der Waals surface area (Å²) in [7, 11) is -1.43. The largest absolute Gasteiger partial charge is 0.356 e. The fourth-order valence-electron chi connectivity index (χ4n) is 2.49. The molecule has 0 radical (unpaired) electrons. The first-order chi connectivity index (χ1) is 12.3. The van der Waals surface area contributed by atoms with Crippen LogP contribution in [0.2, 0.25) is 5.02 Å². The third kappa shape index (κ3) is 7.67. The Labute approximate surface area is 183 Å². The number of benzene rings is 2. The lowest BCUT2D eigenvalue weighted by atomic mass is 10.1. The summed E-state index contributed by atoms with van der Waals surface area (Å²) in [6.07, 6.45) is 1.97. The molecule has 0 aliphatic rings. The molecule has 1 atom stereocenters. The molecule has 0 heterocycles. The lowest BCUT2D eigenvalue weighted by molar-refractivity contribution is 0.602. The van der Waals surface area contributed by atoms with E-state index in [-0.39, 0.29) is 30.0 Å². The fraction of sp³-hybridized carbons (Fsp3) is 0.316. The summed E-state index contributed by atoms with van der Waals surface area (Å²) in [6, 6.07) is 14.7. The van der Waals surface area contributed by atoms with Crippen molar-refractivity contribution in [2.75, 3.05) is 19.8 Å². The van der Waals surface area contributed by atoms with Gasteiger partial charge in [-0.15, -0.1) is 24.0 Å². The van der Waals surface area contributed by atoms with E-state index in [1.54, 1.807) is 19.2 Å². The minimum Gasteiger partial charge on any atom is -0.356 e. The summed E-state index contributed by atoms with van der Waals surface area (Å²) in [5, 5.41) is 7.30. The van der Waals surface area contributed by atoms with Gasteiger partial charge in [-0.3, -0.25) is 4.99 Å². The quantitative estimate of drug-likeness (QED) is 0.344. The molecule has 0 spiro atoms. The van der Waals surface area contributed by atoms with Crippen molar-refractivity contribution in [1.82, 2.24) is 10.6 Å². The van der Waals surface area contributed by atoms with Crippen molar-refractivity contribution in [3.63, 3.8) is 0 Å². The van der Waals surface area contributed by atoms with Crippen molar-refractivity contribution < 1.29 is 8.42 Å². The van der Waals surface area contributed by atoms with Crippen LogP contribution in [0.25, 0.3) is 0 Å². The lowest BCUT2D eigenvalue weighted by Crippen LogP contribution is -2.39. The monoisotopic (exact) mass is 521 g/mol. The van der Waals surface area contributed by atoms with E-state index in [2.05, 4.69) is 15.6 Å². The van der Waals surface area contributed by atoms with Crippen LogP contribution in [0.3, 0.4) is 0 Å². The summed E-state index contributed by atoms with van der Waals surface area (Å²) in [6.45, 7) is 2.72. The van der Waals surface area contributed by atoms with E-state index in [0.29, 0.717) is 22.4 Å². The molecule has 2 rings (SSSR count).